The first-order valence-electron chi connectivity index (χ1n) is 9.01. The van der Waals surface area contributed by atoms with Crippen molar-refractivity contribution in [1.29, 1.82) is 0 Å². The number of piperazine rings is 1. The Balaban J connectivity index is 1.76. The van der Waals surface area contributed by atoms with E-state index in [1.165, 1.54) is 9.80 Å². The van der Waals surface area contributed by atoms with E-state index in [9.17, 15) is 9.59 Å². The van der Waals surface area contributed by atoms with Gasteiger partial charge in [-0.15, -0.1) is 0 Å². The zero-order chi connectivity index (χ0) is 18.2. The molecule has 1 aliphatic rings. The van der Waals surface area contributed by atoms with Crippen LogP contribution in [0.25, 0.3) is 0 Å². The number of rotatable bonds is 7. The average Bonchev–Trinajstić information content (AvgIpc) is 2.62. The van der Waals surface area contributed by atoms with Gasteiger partial charge in [-0.3, -0.25) is 9.59 Å². The Kier molecular flexibility index (Phi) is 7.87. The number of amides is 2. The first-order chi connectivity index (χ1) is 12.0. The predicted molar refractivity (Wildman–Crippen MR) is 102 cm³/mol. The minimum atomic E-state index is -0.0980. The van der Waals surface area contributed by atoms with E-state index in [0.29, 0.717) is 6.54 Å². The van der Waals surface area contributed by atoms with Crippen molar-refractivity contribution in [2.45, 2.75) is 26.3 Å². The summed E-state index contributed by atoms with van der Waals surface area (Å²) < 4.78 is 0.992. The zero-order valence-corrected chi connectivity index (χ0v) is 16.6. The molecule has 2 amide bonds. The van der Waals surface area contributed by atoms with Gasteiger partial charge in [0.25, 0.3) is 11.8 Å². The van der Waals surface area contributed by atoms with Gasteiger partial charge in [0.05, 0.1) is 0 Å². The van der Waals surface area contributed by atoms with Crippen LogP contribution in [-0.4, -0.2) is 57.1 Å². The maximum Gasteiger partial charge on any atom is 0.282 e. The number of hydrogen-bond donors (Lipinski definition) is 4. The van der Waals surface area contributed by atoms with E-state index in [1.54, 1.807) is 0 Å². The van der Waals surface area contributed by atoms with Crippen molar-refractivity contribution in [2.24, 2.45) is 0 Å². The van der Waals surface area contributed by atoms with Crippen LogP contribution in [-0.2, 0) is 9.59 Å². The predicted octanol–water partition coefficient (Wildman–Crippen LogP) is -0.914. The van der Waals surface area contributed by atoms with Crippen molar-refractivity contribution in [1.82, 2.24) is 5.32 Å². The monoisotopic (exact) mass is 412 g/mol. The summed E-state index contributed by atoms with van der Waals surface area (Å²) in [6.07, 6.45) is 0.962. The molecule has 1 heterocycles. The second-order valence-electron chi connectivity index (χ2n) is 6.65. The Morgan fingerprint density at radius 3 is 2.40 bits per heavy atom. The molecule has 7 heteroatoms. The number of carbonyl (C=O) groups excluding carboxylic acids is 2. The van der Waals surface area contributed by atoms with Gasteiger partial charge in [-0.25, -0.2) is 0 Å². The molecular weight excluding hydrogens is 384 g/mol. The lowest BCUT2D eigenvalue weighted by atomic mass is 10.2. The van der Waals surface area contributed by atoms with E-state index in [-0.39, 0.29) is 17.9 Å². The normalized spacial score (nSPS) is 21.4. The van der Waals surface area contributed by atoms with Crippen molar-refractivity contribution in [3.8, 4) is 0 Å². The van der Waals surface area contributed by atoms with Crippen LogP contribution >= 0.6 is 15.9 Å². The van der Waals surface area contributed by atoms with Gasteiger partial charge in [-0.05, 0) is 37.6 Å². The van der Waals surface area contributed by atoms with Gasteiger partial charge in [-0.1, -0.05) is 22.9 Å². The molecule has 1 aromatic rings. The molecule has 0 radical (unpaired) electrons. The van der Waals surface area contributed by atoms with Crippen molar-refractivity contribution < 1.29 is 19.4 Å². The summed E-state index contributed by atoms with van der Waals surface area (Å²) in [4.78, 5) is 26.9. The van der Waals surface area contributed by atoms with Crippen molar-refractivity contribution in [2.75, 3.05) is 44.6 Å². The smallest absolute Gasteiger partial charge is 0.282 e. The molecule has 25 heavy (non-hydrogen) atoms. The maximum atomic E-state index is 12.5. The van der Waals surface area contributed by atoms with E-state index in [1.807, 2.05) is 31.2 Å². The molecule has 1 fully saturated rings. The Hall–Kier alpha value is -1.44. The number of halogens is 1. The fourth-order valence-corrected chi connectivity index (χ4v) is 3.32. The minimum Gasteiger partial charge on any atom is -0.351 e. The summed E-state index contributed by atoms with van der Waals surface area (Å²) in [5, 5.41) is 5.91. The lowest BCUT2D eigenvalue weighted by Crippen LogP contribution is -3.30. The molecule has 0 saturated carbocycles. The molecule has 1 aliphatic heterocycles. The third kappa shape index (κ3) is 6.41. The molecule has 138 valence electrons. The van der Waals surface area contributed by atoms with Crippen LogP contribution in [0.3, 0.4) is 0 Å². The molecular formula is C18H29BrN4O2+2. The quantitative estimate of drug-likeness (QED) is 0.468. The molecule has 4 N–H and O–H groups in total. The van der Waals surface area contributed by atoms with Gasteiger partial charge in [0.2, 0.25) is 0 Å². The van der Waals surface area contributed by atoms with Gasteiger partial charge < -0.3 is 20.4 Å². The van der Waals surface area contributed by atoms with Gasteiger partial charge >= 0.3 is 0 Å². The standard InChI is InChI=1S/C18H27BrN4O2/c1-3-8-20-17(24)13-22-9-11-23(12-10-22)14(2)18(25)21-16-6-4-15(19)5-7-16/h4-7,14H,3,8-13H2,1-2H3,(H,20,24)(H,21,25)/p+2/t14-/m0/s1. The van der Waals surface area contributed by atoms with Crippen molar-refractivity contribution >= 4 is 33.4 Å². The van der Waals surface area contributed by atoms with Crippen LogP contribution in [0.2, 0.25) is 0 Å². The summed E-state index contributed by atoms with van der Waals surface area (Å²) >= 11 is 3.39. The van der Waals surface area contributed by atoms with E-state index < -0.39 is 0 Å². The fourth-order valence-electron chi connectivity index (χ4n) is 3.06. The van der Waals surface area contributed by atoms with Gasteiger partial charge in [0.15, 0.2) is 12.6 Å². The van der Waals surface area contributed by atoms with E-state index in [2.05, 4.69) is 33.5 Å². The molecule has 0 bridgehead atoms. The Bertz CT molecular complexity index is 571. The van der Waals surface area contributed by atoms with E-state index in [4.69, 9.17) is 0 Å². The lowest BCUT2D eigenvalue weighted by molar-refractivity contribution is -1.01. The van der Waals surface area contributed by atoms with Gasteiger partial charge in [-0.2, -0.15) is 0 Å². The maximum absolute atomic E-state index is 12.5. The number of carbonyl (C=O) groups is 2. The van der Waals surface area contributed by atoms with Gasteiger partial charge in [0.1, 0.15) is 26.2 Å². The fraction of sp³-hybridized carbons (Fsp3) is 0.556. The second kappa shape index (κ2) is 9.89. The van der Waals surface area contributed by atoms with Crippen LogP contribution in [0.4, 0.5) is 5.69 Å². The number of hydrogen-bond acceptors (Lipinski definition) is 2. The number of quaternary nitrogens is 2. The molecule has 1 atom stereocenters. The molecule has 1 saturated heterocycles. The Morgan fingerprint density at radius 1 is 1.16 bits per heavy atom. The highest BCUT2D eigenvalue weighted by Crippen LogP contribution is 2.14. The molecule has 0 aliphatic carbocycles. The van der Waals surface area contributed by atoms with E-state index >= 15 is 0 Å². The minimum absolute atomic E-state index is 0.0430. The van der Waals surface area contributed by atoms with Crippen molar-refractivity contribution in [3.05, 3.63) is 28.7 Å². The van der Waals surface area contributed by atoms with Crippen LogP contribution in [0.15, 0.2) is 28.7 Å². The third-order valence-electron chi connectivity index (χ3n) is 4.70. The number of benzene rings is 1. The lowest BCUT2D eigenvalue weighted by Gasteiger charge is -2.32. The summed E-state index contributed by atoms with van der Waals surface area (Å²) in [5.41, 5.74) is 0.816. The van der Waals surface area contributed by atoms with Crippen LogP contribution in [0, 0.1) is 0 Å². The molecule has 2 rings (SSSR count). The second-order valence-corrected chi connectivity index (χ2v) is 7.57. The Labute approximate surface area is 158 Å². The van der Waals surface area contributed by atoms with Crippen LogP contribution < -0.4 is 20.4 Å². The topological polar surface area (TPSA) is 67.1 Å². The van der Waals surface area contributed by atoms with Crippen LogP contribution in [0.1, 0.15) is 20.3 Å². The molecule has 0 aromatic heterocycles. The average molecular weight is 413 g/mol. The highest BCUT2D eigenvalue weighted by molar-refractivity contribution is 9.10. The summed E-state index contributed by atoms with van der Waals surface area (Å²) in [5.74, 6) is 0.169. The molecule has 1 aromatic carbocycles. The number of nitrogens with one attached hydrogen (secondary N) is 4. The Morgan fingerprint density at radius 2 is 1.80 bits per heavy atom. The molecule has 0 unspecified atom stereocenters. The summed E-state index contributed by atoms with van der Waals surface area (Å²) in [7, 11) is 0. The first kappa shape index (κ1) is 19.9. The van der Waals surface area contributed by atoms with E-state index in [0.717, 1.165) is 49.3 Å². The van der Waals surface area contributed by atoms with Crippen LogP contribution in [0.5, 0.6) is 0 Å². The third-order valence-corrected chi connectivity index (χ3v) is 5.23. The molecule has 6 nitrogen and oxygen atoms in total. The highest BCUT2D eigenvalue weighted by Gasteiger charge is 2.31. The largest absolute Gasteiger partial charge is 0.351 e. The number of anilines is 1. The SMILES string of the molecule is CCCNC(=O)C[NH+]1CC[NH+]([C@@H](C)C(=O)Nc2ccc(Br)cc2)CC1. The summed E-state index contributed by atoms with van der Waals surface area (Å²) in [6.45, 7) is 8.97. The zero-order valence-electron chi connectivity index (χ0n) is 15.0. The summed E-state index contributed by atoms with van der Waals surface area (Å²) in [6, 6.07) is 7.51. The first-order valence-corrected chi connectivity index (χ1v) is 9.80. The van der Waals surface area contributed by atoms with Gasteiger partial charge in [0, 0.05) is 16.7 Å². The highest BCUT2D eigenvalue weighted by atomic mass is 79.9. The molecule has 0 spiro atoms. The van der Waals surface area contributed by atoms with Crippen molar-refractivity contribution in [3.63, 3.8) is 0 Å².